The number of hydrogen-bond acceptors (Lipinski definition) is 2. The summed E-state index contributed by atoms with van der Waals surface area (Å²) in [6.07, 6.45) is 0. The van der Waals surface area contributed by atoms with Gasteiger partial charge in [-0.15, -0.1) is 0 Å². The van der Waals surface area contributed by atoms with Crippen LogP contribution in [0.4, 0.5) is 0 Å². The van der Waals surface area contributed by atoms with Crippen molar-refractivity contribution >= 4 is 11.0 Å². The first kappa shape index (κ1) is 17.5. The molecule has 0 aliphatic rings. The molecular formula is C23H26O2. The maximum absolute atomic E-state index is 13.4. The molecule has 130 valence electrons. The molecule has 3 aromatic rings. The van der Waals surface area contributed by atoms with Crippen molar-refractivity contribution in [1.82, 2.24) is 0 Å². The van der Waals surface area contributed by atoms with E-state index in [4.69, 9.17) is 4.42 Å². The van der Waals surface area contributed by atoms with Gasteiger partial charge >= 0.3 is 0 Å². The highest BCUT2D eigenvalue weighted by Crippen LogP contribution is 2.32. The minimum absolute atomic E-state index is 0.0742. The maximum atomic E-state index is 13.4. The first-order valence-corrected chi connectivity index (χ1v) is 8.77. The van der Waals surface area contributed by atoms with Crippen LogP contribution in [0.25, 0.3) is 22.1 Å². The summed E-state index contributed by atoms with van der Waals surface area (Å²) in [4.78, 5) is 13.4. The first-order chi connectivity index (χ1) is 11.6. The van der Waals surface area contributed by atoms with Crippen molar-refractivity contribution in [3.63, 3.8) is 0 Å². The fourth-order valence-electron chi connectivity index (χ4n) is 3.68. The molecule has 2 nitrogen and oxygen atoms in total. The van der Waals surface area contributed by atoms with Crippen molar-refractivity contribution in [1.29, 1.82) is 0 Å². The van der Waals surface area contributed by atoms with E-state index in [-0.39, 0.29) is 5.43 Å². The summed E-state index contributed by atoms with van der Waals surface area (Å²) in [5.41, 5.74) is 10.5. The molecule has 1 aromatic heterocycles. The standard InChI is InChI=1S/C23H26O2/c1-11-9-19(10-12(2)13(11)3)21-18(8)25-23-17(7)15(5)14(4)16(6)20(23)22(21)24/h9-10H,1-8H3. The van der Waals surface area contributed by atoms with Crippen molar-refractivity contribution in [2.24, 2.45) is 0 Å². The lowest BCUT2D eigenvalue weighted by Crippen LogP contribution is -2.11. The summed E-state index contributed by atoms with van der Waals surface area (Å²) >= 11 is 0. The Labute approximate surface area is 149 Å². The van der Waals surface area contributed by atoms with E-state index in [0.29, 0.717) is 11.3 Å². The lowest BCUT2D eigenvalue weighted by Gasteiger charge is -2.16. The van der Waals surface area contributed by atoms with Gasteiger partial charge in [0.05, 0.1) is 10.9 Å². The maximum Gasteiger partial charge on any atom is 0.201 e. The predicted octanol–water partition coefficient (Wildman–Crippen LogP) is 5.93. The molecule has 0 amide bonds. The lowest BCUT2D eigenvalue weighted by atomic mass is 9.91. The molecular weight excluding hydrogens is 308 g/mol. The smallest absolute Gasteiger partial charge is 0.201 e. The molecule has 0 atom stereocenters. The molecule has 3 rings (SSSR count). The molecule has 0 N–H and O–H groups in total. The minimum Gasteiger partial charge on any atom is -0.460 e. The molecule has 0 aliphatic heterocycles. The molecule has 0 radical (unpaired) electrons. The van der Waals surface area contributed by atoms with E-state index in [2.05, 4.69) is 46.8 Å². The Morgan fingerprint density at radius 3 is 1.76 bits per heavy atom. The van der Waals surface area contributed by atoms with Crippen LogP contribution in [-0.4, -0.2) is 0 Å². The van der Waals surface area contributed by atoms with Gasteiger partial charge in [0, 0.05) is 0 Å². The zero-order valence-electron chi connectivity index (χ0n) is 16.5. The van der Waals surface area contributed by atoms with Gasteiger partial charge in [0.2, 0.25) is 5.43 Å². The third kappa shape index (κ3) is 2.52. The van der Waals surface area contributed by atoms with Gasteiger partial charge in [-0.3, -0.25) is 4.79 Å². The van der Waals surface area contributed by atoms with E-state index in [9.17, 15) is 4.79 Å². The van der Waals surface area contributed by atoms with Gasteiger partial charge in [-0.1, -0.05) is 12.1 Å². The Kier molecular flexibility index (Phi) is 4.10. The molecule has 0 spiro atoms. The fraction of sp³-hybridized carbons (Fsp3) is 0.348. The summed E-state index contributed by atoms with van der Waals surface area (Å²) in [6, 6.07) is 4.19. The Hall–Kier alpha value is -2.35. The average molecular weight is 334 g/mol. The van der Waals surface area contributed by atoms with Crippen LogP contribution in [0.1, 0.15) is 44.7 Å². The fourth-order valence-corrected chi connectivity index (χ4v) is 3.68. The summed E-state index contributed by atoms with van der Waals surface area (Å²) in [5, 5.41) is 0.720. The van der Waals surface area contributed by atoms with Crippen LogP contribution in [0, 0.1) is 55.4 Å². The number of rotatable bonds is 1. The highest BCUT2D eigenvalue weighted by Gasteiger charge is 2.20. The van der Waals surface area contributed by atoms with Crippen molar-refractivity contribution in [3.8, 4) is 11.1 Å². The number of benzene rings is 2. The molecule has 0 fully saturated rings. The zero-order valence-corrected chi connectivity index (χ0v) is 16.5. The Morgan fingerprint density at radius 2 is 1.20 bits per heavy atom. The van der Waals surface area contributed by atoms with Crippen molar-refractivity contribution < 1.29 is 4.42 Å². The van der Waals surface area contributed by atoms with Gasteiger partial charge in [0.15, 0.2) is 0 Å². The van der Waals surface area contributed by atoms with E-state index >= 15 is 0 Å². The van der Waals surface area contributed by atoms with Crippen LogP contribution in [0.5, 0.6) is 0 Å². The van der Waals surface area contributed by atoms with Crippen molar-refractivity contribution in [2.45, 2.75) is 55.4 Å². The lowest BCUT2D eigenvalue weighted by molar-refractivity contribution is 0.564. The highest BCUT2D eigenvalue weighted by molar-refractivity contribution is 5.89. The van der Waals surface area contributed by atoms with Crippen molar-refractivity contribution in [3.05, 3.63) is 67.1 Å². The largest absolute Gasteiger partial charge is 0.460 e. The second-order valence-corrected chi connectivity index (χ2v) is 7.30. The molecule has 0 saturated heterocycles. The molecule has 25 heavy (non-hydrogen) atoms. The number of aryl methyl sites for hydroxylation is 5. The molecule has 0 unspecified atom stereocenters. The van der Waals surface area contributed by atoms with Crippen molar-refractivity contribution in [2.75, 3.05) is 0 Å². The Balaban J connectivity index is 2.49. The van der Waals surface area contributed by atoms with Gasteiger partial charge in [-0.25, -0.2) is 0 Å². The Bertz CT molecular complexity index is 1060. The minimum atomic E-state index is 0.0742. The van der Waals surface area contributed by atoms with Gasteiger partial charge < -0.3 is 4.42 Å². The second kappa shape index (κ2) is 5.87. The van der Waals surface area contributed by atoms with Gasteiger partial charge in [0.1, 0.15) is 11.3 Å². The predicted molar refractivity (Wildman–Crippen MR) is 106 cm³/mol. The van der Waals surface area contributed by atoms with E-state index in [1.807, 2.05) is 20.8 Å². The summed E-state index contributed by atoms with van der Waals surface area (Å²) in [6.45, 7) is 16.4. The second-order valence-electron chi connectivity index (χ2n) is 7.30. The van der Waals surface area contributed by atoms with Crippen LogP contribution in [0.15, 0.2) is 21.3 Å². The van der Waals surface area contributed by atoms with Crippen LogP contribution in [-0.2, 0) is 0 Å². The normalized spacial score (nSPS) is 11.4. The highest BCUT2D eigenvalue weighted by atomic mass is 16.3. The van der Waals surface area contributed by atoms with E-state index in [1.54, 1.807) is 0 Å². The van der Waals surface area contributed by atoms with Gasteiger partial charge in [-0.2, -0.15) is 0 Å². The van der Waals surface area contributed by atoms with Crippen LogP contribution in [0.3, 0.4) is 0 Å². The summed E-state index contributed by atoms with van der Waals surface area (Å²) in [7, 11) is 0. The number of fused-ring (bicyclic) bond motifs is 1. The zero-order chi connectivity index (χ0) is 18.6. The first-order valence-electron chi connectivity index (χ1n) is 8.77. The number of hydrogen-bond donors (Lipinski definition) is 0. The van der Waals surface area contributed by atoms with Crippen LogP contribution in [0.2, 0.25) is 0 Å². The van der Waals surface area contributed by atoms with E-state index in [0.717, 1.165) is 27.7 Å². The molecule has 2 aromatic carbocycles. The average Bonchev–Trinajstić information content (AvgIpc) is 2.55. The molecule has 0 aliphatic carbocycles. The third-order valence-corrected chi connectivity index (χ3v) is 5.91. The molecule has 0 saturated carbocycles. The molecule has 0 bridgehead atoms. The van der Waals surface area contributed by atoms with Gasteiger partial charge in [-0.05, 0) is 99.9 Å². The monoisotopic (exact) mass is 334 g/mol. The quantitative estimate of drug-likeness (QED) is 0.552. The van der Waals surface area contributed by atoms with E-state index < -0.39 is 0 Å². The molecule has 1 heterocycles. The van der Waals surface area contributed by atoms with E-state index in [1.165, 1.54) is 27.8 Å². The van der Waals surface area contributed by atoms with Crippen LogP contribution < -0.4 is 5.43 Å². The summed E-state index contributed by atoms with van der Waals surface area (Å²) in [5.74, 6) is 0.686. The topological polar surface area (TPSA) is 30.2 Å². The third-order valence-electron chi connectivity index (χ3n) is 5.91. The molecule has 2 heteroatoms. The SMILES string of the molecule is Cc1cc(-c2c(C)oc3c(C)c(C)c(C)c(C)c3c2=O)cc(C)c1C. The van der Waals surface area contributed by atoms with Gasteiger partial charge in [0.25, 0.3) is 0 Å². The Morgan fingerprint density at radius 1 is 0.680 bits per heavy atom. The van der Waals surface area contributed by atoms with Crippen LogP contribution >= 0.6 is 0 Å². The summed E-state index contributed by atoms with van der Waals surface area (Å²) < 4.78 is 6.19.